The van der Waals surface area contributed by atoms with Crippen LogP contribution in [0.15, 0.2) is 24.3 Å². The second-order valence-electron chi connectivity index (χ2n) is 5.32. The molecular formula is C16H26N2O. The van der Waals surface area contributed by atoms with E-state index in [2.05, 4.69) is 42.3 Å². The standard InChI is InChI=1S/C16H26N2O/c1-4-14-12-18(15(5-2)10-17-14)11-13-8-6-7-9-16(13)19-3/h6-9,14-15,17H,4-5,10-12H2,1-3H3. The summed E-state index contributed by atoms with van der Waals surface area (Å²) in [4.78, 5) is 2.60. The van der Waals surface area contributed by atoms with Gasteiger partial charge in [-0.05, 0) is 18.9 Å². The second kappa shape index (κ2) is 6.92. The molecule has 2 unspecified atom stereocenters. The van der Waals surface area contributed by atoms with Crippen LogP contribution in [0.3, 0.4) is 0 Å². The fourth-order valence-electron chi connectivity index (χ4n) is 2.85. The van der Waals surface area contributed by atoms with Crippen molar-refractivity contribution in [3.8, 4) is 5.75 Å². The molecular weight excluding hydrogens is 236 g/mol. The number of methoxy groups -OCH3 is 1. The average molecular weight is 262 g/mol. The Hall–Kier alpha value is -1.06. The topological polar surface area (TPSA) is 24.5 Å². The third-order valence-corrected chi connectivity index (χ3v) is 4.14. The lowest BCUT2D eigenvalue weighted by molar-refractivity contribution is 0.116. The van der Waals surface area contributed by atoms with E-state index in [1.165, 1.54) is 18.4 Å². The minimum absolute atomic E-state index is 0.623. The number of para-hydroxylation sites is 1. The van der Waals surface area contributed by atoms with Crippen molar-refractivity contribution >= 4 is 0 Å². The van der Waals surface area contributed by atoms with Crippen molar-refractivity contribution in [1.82, 2.24) is 10.2 Å². The Morgan fingerprint density at radius 1 is 1.26 bits per heavy atom. The molecule has 106 valence electrons. The van der Waals surface area contributed by atoms with E-state index in [4.69, 9.17) is 4.74 Å². The van der Waals surface area contributed by atoms with Crippen LogP contribution in [-0.2, 0) is 6.54 Å². The van der Waals surface area contributed by atoms with Gasteiger partial charge in [0.1, 0.15) is 5.75 Å². The Morgan fingerprint density at radius 3 is 2.74 bits per heavy atom. The zero-order valence-electron chi connectivity index (χ0n) is 12.4. The van der Waals surface area contributed by atoms with Crippen LogP contribution in [0.1, 0.15) is 32.3 Å². The molecule has 3 heteroatoms. The van der Waals surface area contributed by atoms with E-state index in [9.17, 15) is 0 Å². The Bertz CT molecular complexity index is 394. The number of hydrogen-bond donors (Lipinski definition) is 1. The van der Waals surface area contributed by atoms with Crippen LogP contribution in [0.2, 0.25) is 0 Å². The number of piperazine rings is 1. The highest BCUT2D eigenvalue weighted by molar-refractivity contribution is 5.33. The fraction of sp³-hybridized carbons (Fsp3) is 0.625. The molecule has 0 spiro atoms. The van der Waals surface area contributed by atoms with Gasteiger partial charge in [0.2, 0.25) is 0 Å². The molecule has 0 saturated carbocycles. The zero-order valence-corrected chi connectivity index (χ0v) is 12.4. The Balaban J connectivity index is 2.09. The highest BCUT2D eigenvalue weighted by atomic mass is 16.5. The van der Waals surface area contributed by atoms with E-state index >= 15 is 0 Å². The third-order valence-electron chi connectivity index (χ3n) is 4.14. The Kier molecular flexibility index (Phi) is 5.23. The van der Waals surface area contributed by atoms with E-state index in [-0.39, 0.29) is 0 Å². The summed E-state index contributed by atoms with van der Waals surface area (Å²) in [6.45, 7) is 7.75. The van der Waals surface area contributed by atoms with Crippen molar-refractivity contribution in [3.63, 3.8) is 0 Å². The van der Waals surface area contributed by atoms with Crippen molar-refractivity contribution in [2.45, 2.75) is 45.3 Å². The van der Waals surface area contributed by atoms with Crippen molar-refractivity contribution in [2.24, 2.45) is 0 Å². The van der Waals surface area contributed by atoms with Gasteiger partial charge in [-0.15, -0.1) is 0 Å². The molecule has 19 heavy (non-hydrogen) atoms. The molecule has 1 aliphatic heterocycles. The normalized spacial score (nSPS) is 24.4. The summed E-state index contributed by atoms with van der Waals surface area (Å²) in [5.41, 5.74) is 1.29. The van der Waals surface area contributed by atoms with Gasteiger partial charge in [-0.3, -0.25) is 4.90 Å². The van der Waals surface area contributed by atoms with Gasteiger partial charge in [0, 0.05) is 37.3 Å². The molecule has 1 heterocycles. The maximum Gasteiger partial charge on any atom is 0.123 e. The highest BCUT2D eigenvalue weighted by Gasteiger charge is 2.26. The molecule has 1 aliphatic rings. The third kappa shape index (κ3) is 3.48. The molecule has 2 rings (SSSR count). The van der Waals surface area contributed by atoms with Crippen LogP contribution in [0.25, 0.3) is 0 Å². The van der Waals surface area contributed by atoms with Gasteiger partial charge >= 0.3 is 0 Å². The van der Waals surface area contributed by atoms with Crippen LogP contribution in [0.4, 0.5) is 0 Å². The van der Waals surface area contributed by atoms with Crippen LogP contribution in [-0.4, -0.2) is 37.2 Å². The molecule has 0 radical (unpaired) electrons. The van der Waals surface area contributed by atoms with Gasteiger partial charge in [0.15, 0.2) is 0 Å². The van der Waals surface area contributed by atoms with E-state index in [1.807, 2.05) is 6.07 Å². The molecule has 1 aromatic rings. The minimum atomic E-state index is 0.623. The van der Waals surface area contributed by atoms with Gasteiger partial charge in [0.05, 0.1) is 7.11 Å². The lowest BCUT2D eigenvalue weighted by atomic mass is 10.0. The number of ether oxygens (including phenoxy) is 1. The minimum Gasteiger partial charge on any atom is -0.496 e. The van der Waals surface area contributed by atoms with Crippen LogP contribution in [0.5, 0.6) is 5.75 Å². The predicted octanol–water partition coefficient (Wildman–Crippen LogP) is 2.66. The monoisotopic (exact) mass is 262 g/mol. The average Bonchev–Trinajstić information content (AvgIpc) is 2.47. The van der Waals surface area contributed by atoms with E-state index in [1.54, 1.807) is 7.11 Å². The first-order chi connectivity index (χ1) is 9.28. The zero-order chi connectivity index (χ0) is 13.7. The number of benzene rings is 1. The van der Waals surface area contributed by atoms with Gasteiger partial charge in [-0.2, -0.15) is 0 Å². The van der Waals surface area contributed by atoms with E-state index in [0.717, 1.165) is 25.4 Å². The van der Waals surface area contributed by atoms with Crippen molar-refractivity contribution in [3.05, 3.63) is 29.8 Å². The number of hydrogen-bond acceptors (Lipinski definition) is 3. The summed E-state index contributed by atoms with van der Waals surface area (Å²) in [5, 5.41) is 3.64. The maximum atomic E-state index is 5.47. The predicted molar refractivity (Wildman–Crippen MR) is 79.6 cm³/mol. The number of nitrogens with one attached hydrogen (secondary N) is 1. The first kappa shape index (κ1) is 14.4. The van der Waals surface area contributed by atoms with Crippen molar-refractivity contribution in [1.29, 1.82) is 0 Å². The Morgan fingerprint density at radius 2 is 2.05 bits per heavy atom. The lowest BCUT2D eigenvalue weighted by Crippen LogP contribution is -2.55. The van der Waals surface area contributed by atoms with Crippen LogP contribution in [0, 0.1) is 0 Å². The van der Waals surface area contributed by atoms with Crippen LogP contribution >= 0.6 is 0 Å². The lowest BCUT2D eigenvalue weighted by Gasteiger charge is -2.40. The van der Waals surface area contributed by atoms with E-state index in [0.29, 0.717) is 12.1 Å². The summed E-state index contributed by atoms with van der Waals surface area (Å²) in [6.07, 6.45) is 2.39. The summed E-state index contributed by atoms with van der Waals surface area (Å²) in [6, 6.07) is 9.61. The second-order valence-corrected chi connectivity index (χ2v) is 5.32. The molecule has 2 atom stereocenters. The highest BCUT2D eigenvalue weighted by Crippen LogP contribution is 2.22. The summed E-state index contributed by atoms with van der Waals surface area (Å²) in [7, 11) is 1.75. The first-order valence-corrected chi connectivity index (χ1v) is 7.37. The maximum absolute atomic E-state index is 5.47. The molecule has 1 fully saturated rings. The summed E-state index contributed by atoms with van der Waals surface area (Å²) >= 11 is 0. The number of nitrogens with zero attached hydrogens (tertiary/aromatic N) is 1. The molecule has 0 aromatic heterocycles. The molecule has 0 amide bonds. The Labute approximate surface area is 116 Å². The first-order valence-electron chi connectivity index (χ1n) is 7.37. The quantitative estimate of drug-likeness (QED) is 0.883. The smallest absolute Gasteiger partial charge is 0.123 e. The van der Waals surface area contributed by atoms with Crippen molar-refractivity contribution in [2.75, 3.05) is 20.2 Å². The summed E-state index contributed by atoms with van der Waals surface area (Å²) in [5.74, 6) is 1.00. The molecule has 3 nitrogen and oxygen atoms in total. The fourth-order valence-corrected chi connectivity index (χ4v) is 2.85. The summed E-state index contributed by atoms with van der Waals surface area (Å²) < 4.78 is 5.47. The van der Waals surface area contributed by atoms with Gasteiger partial charge in [0.25, 0.3) is 0 Å². The number of rotatable bonds is 5. The molecule has 1 N–H and O–H groups in total. The molecule has 0 bridgehead atoms. The largest absolute Gasteiger partial charge is 0.496 e. The van der Waals surface area contributed by atoms with Gasteiger partial charge in [-0.1, -0.05) is 32.0 Å². The molecule has 1 aromatic carbocycles. The molecule has 0 aliphatic carbocycles. The van der Waals surface area contributed by atoms with Crippen LogP contribution < -0.4 is 10.1 Å². The van der Waals surface area contributed by atoms with Crippen molar-refractivity contribution < 1.29 is 4.74 Å². The molecule has 1 saturated heterocycles. The van der Waals surface area contributed by atoms with Gasteiger partial charge < -0.3 is 10.1 Å². The van der Waals surface area contributed by atoms with E-state index < -0.39 is 0 Å². The van der Waals surface area contributed by atoms with Gasteiger partial charge in [-0.25, -0.2) is 0 Å². The SMILES string of the molecule is CCC1CN(Cc2ccccc2OC)C(CC)CN1.